The largest absolute Gasteiger partial charge is 0.493 e. The number of anilines is 1. The monoisotopic (exact) mass is 377 g/mol. The fourth-order valence-electron chi connectivity index (χ4n) is 3.56. The molecule has 1 aliphatic carbocycles. The minimum Gasteiger partial charge on any atom is -0.493 e. The highest BCUT2D eigenvalue weighted by Crippen LogP contribution is 2.40. The van der Waals surface area contributed by atoms with Gasteiger partial charge in [-0.15, -0.1) is 0 Å². The molecule has 0 heterocycles. The van der Waals surface area contributed by atoms with Crippen molar-refractivity contribution in [3.8, 4) is 11.5 Å². The van der Waals surface area contributed by atoms with Crippen molar-refractivity contribution in [3.63, 3.8) is 0 Å². The van der Waals surface area contributed by atoms with Crippen LogP contribution in [0, 0.1) is 17.3 Å². The third kappa shape index (κ3) is 5.88. The topological polar surface area (TPSA) is 73.9 Å². The van der Waals surface area contributed by atoms with E-state index in [9.17, 15) is 9.59 Å². The molecule has 27 heavy (non-hydrogen) atoms. The van der Waals surface area contributed by atoms with Gasteiger partial charge in [-0.2, -0.15) is 0 Å². The van der Waals surface area contributed by atoms with Gasteiger partial charge in [-0.3, -0.25) is 9.59 Å². The number of carbonyl (C=O) groups is 2. The summed E-state index contributed by atoms with van der Waals surface area (Å²) >= 11 is 0. The minimum absolute atomic E-state index is 0.0996. The zero-order valence-electron chi connectivity index (χ0n) is 17.0. The summed E-state index contributed by atoms with van der Waals surface area (Å²) in [6, 6.07) is 5.06. The van der Waals surface area contributed by atoms with Crippen LogP contribution in [0.25, 0.3) is 0 Å². The second-order valence-electron chi connectivity index (χ2n) is 8.14. The first-order valence-corrected chi connectivity index (χ1v) is 9.43. The Labute approximate surface area is 161 Å². The summed E-state index contributed by atoms with van der Waals surface area (Å²) in [5.41, 5.74) is 0.827. The lowest BCUT2D eigenvalue weighted by Gasteiger charge is -2.36. The van der Waals surface area contributed by atoms with Crippen molar-refractivity contribution in [3.05, 3.63) is 18.2 Å². The Morgan fingerprint density at radius 1 is 1.04 bits per heavy atom. The van der Waals surface area contributed by atoms with E-state index in [4.69, 9.17) is 14.2 Å². The Hall–Kier alpha value is -2.24. The lowest BCUT2D eigenvalue weighted by molar-refractivity contribution is -0.153. The number of esters is 1. The van der Waals surface area contributed by atoms with Crippen LogP contribution in [0.2, 0.25) is 0 Å². The van der Waals surface area contributed by atoms with E-state index in [1.165, 1.54) is 7.11 Å². The van der Waals surface area contributed by atoms with Crippen LogP contribution in [-0.4, -0.2) is 32.7 Å². The number of methoxy groups -OCH3 is 2. The predicted molar refractivity (Wildman–Crippen MR) is 104 cm³/mol. The fraction of sp³-hybridized carbons (Fsp3) is 0.619. The fourth-order valence-corrected chi connectivity index (χ4v) is 3.56. The molecule has 0 spiro atoms. The molecule has 1 amide bonds. The summed E-state index contributed by atoms with van der Waals surface area (Å²) in [6.07, 6.45) is 3.72. The Bertz CT molecular complexity index is 657. The van der Waals surface area contributed by atoms with Crippen LogP contribution in [0.1, 0.15) is 46.5 Å². The summed E-state index contributed by atoms with van der Waals surface area (Å²) in [6.45, 7) is 6.45. The Morgan fingerprint density at radius 3 is 2.22 bits per heavy atom. The second-order valence-corrected chi connectivity index (χ2v) is 8.14. The lowest BCUT2D eigenvalue weighted by Crippen LogP contribution is -2.31. The van der Waals surface area contributed by atoms with Crippen molar-refractivity contribution in [1.82, 2.24) is 0 Å². The number of ether oxygens (including phenoxy) is 3. The number of benzene rings is 1. The smallest absolute Gasteiger partial charge is 0.309 e. The highest BCUT2D eigenvalue weighted by Gasteiger charge is 2.33. The van der Waals surface area contributed by atoms with Crippen LogP contribution in [0.5, 0.6) is 11.5 Å². The number of nitrogens with one attached hydrogen (secondary N) is 1. The highest BCUT2D eigenvalue weighted by atomic mass is 16.5. The van der Waals surface area contributed by atoms with Gasteiger partial charge in [0.25, 0.3) is 5.91 Å². The number of hydrogen-bond acceptors (Lipinski definition) is 5. The molecule has 0 saturated heterocycles. The van der Waals surface area contributed by atoms with E-state index in [1.54, 1.807) is 25.3 Å². The third-order valence-electron chi connectivity index (χ3n) is 5.30. The first-order chi connectivity index (χ1) is 12.7. The standard InChI is InChI=1S/C21H31NO5/c1-21(2,3)15-8-6-14(7-9-15)20(24)27-13-19(23)22-16-10-11-17(25-4)18(12-16)26-5/h10-12,14-15H,6-9,13H2,1-5H3,(H,22,23). The van der Waals surface area contributed by atoms with Crippen LogP contribution in [0.3, 0.4) is 0 Å². The van der Waals surface area contributed by atoms with E-state index in [0.29, 0.717) is 23.1 Å². The molecular formula is C21H31NO5. The van der Waals surface area contributed by atoms with Crippen LogP contribution in [-0.2, 0) is 14.3 Å². The lowest BCUT2D eigenvalue weighted by atomic mass is 9.70. The summed E-state index contributed by atoms with van der Waals surface area (Å²) in [7, 11) is 3.07. The molecule has 0 aliphatic heterocycles. The first kappa shape index (κ1) is 21.1. The van der Waals surface area contributed by atoms with Gasteiger partial charge in [0.1, 0.15) is 0 Å². The van der Waals surface area contributed by atoms with Crippen molar-refractivity contribution in [2.75, 3.05) is 26.1 Å². The molecule has 0 radical (unpaired) electrons. The highest BCUT2D eigenvalue weighted by molar-refractivity contribution is 5.93. The molecule has 1 aromatic carbocycles. The van der Waals surface area contributed by atoms with Gasteiger partial charge < -0.3 is 19.5 Å². The third-order valence-corrected chi connectivity index (χ3v) is 5.30. The van der Waals surface area contributed by atoms with Gasteiger partial charge in [-0.1, -0.05) is 20.8 Å². The van der Waals surface area contributed by atoms with Crippen LogP contribution in [0.15, 0.2) is 18.2 Å². The molecule has 2 rings (SSSR count). The van der Waals surface area contributed by atoms with Crippen molar-refractivity contribution in [1.29, 1.82) is 0 Å². The molecule has 1 N–H and O–H groups in total. The minimum atomic E-state index is -0.376. The normalized spacial score (nSPS) is 19.9. The maximum absolute atomic E-state index is 12.3. The molecule has 0 bridgehead atoms. The molecule has 1 fully saturated rings. The first-order valence-electron chi connectivity index (χ1n) is 9.43. The summed E-state index contributed by atoms with van der Waals surface area (Å²) in [5.74, 6) is 0.979. The van der Waals surface area contributed by atoms with Gasteiger partial charge in [0, 0.05) is 11.8 Å². The SMILES string of the molecule is COc1ccc(NC(=O)COC(=O)C2CCC(C(C)(C)C)CC2)cc1OC. The average Bonchev–Trinajstić information content (AvgIpc) is 2.65. The van der Waals surface area contributed by atoms with Gasteiger partial charge in [0.2, 0.25) is 0 Å². The summed E-state index contributed by atoms with van der Waals surface area (Å²) in [5, 5.41) is 2.70. The van der Waals surface area contributed by atoms with E-state index in [2.05, 4.69) is 26.1 Å². The van der Waals surface area contributed by atoms with Gasteiger partial charge >= 0.3 is 5.97 Å². The van der Waals surface area contributed by atoms with Crippen molar-refractivity contribution >= 4 is 17.6 Å². The molecular weight excluding hydrogens is 346 g/mol. The molecule has 0 unspecified atom stereocenters. The second kappa shape index (κ2) is 9.11. The molecule has 6 nitrogen and oxygen atoms in total. The molecule has 6 heteroatoms. The molecule has 0 aromatic heterocycles. The Morgan fingerprint density at radius 2 is 1.67 bits per heavy atom. The van der Waals surface area contributed by atoms with Crippen LogP contribution >= 0.6 is 0 Å². The van der Waals surface area contributed by atoms with E-state index < -0.39 is 0 Å². The number of carbonyl (C=O) groups excluding carboxylic acids is 2. The predicted octanol–water partition coefficient (Wildman–Crippen LogP) is 4.04. The van der Waals surface area contributed by atoms with Gasteiger partial charge in [0.05, 0.1) is 20.1 Å². The maximum atomic E-state index is 12.3. The number of amides is 1. The van der Waals surface area contributed by atoms with Crippen molar-refractivity contribution in [2.45, 2.75) is 46.5 Å². The Kier molecular flexibility index (Phi) is 7.11. The zero-order valence-corrected chi connectivity index (χ0v) is 17.0. The molecule has 150 valence electrons. The summed E-state index contributed by atoms with van der Waals surface area (Å²) < 4.78 is 15.6. The van der Waals surface area contributed by atoms with Crippen molar-refractivity contribution in [2.24, 2.45) is 17.3 Å². The Balaban J connectivity index is 1.79. The van der Waals surface area contributed by atoms with Gasteiger partial charge in [-0.05, 0) is 49.1 Å². The average molecular weight is 377 g/mol. The van der Waals surface area contributed by atoms with E-state index >= 15 is 0 Å². The quantitative estimate of drug-likeness (QED) is 0.758. The van der Waals surface area contributed by atoms with E-state index in [1.807, 2.05) is 0 Å². The molecule has 1 saturated carbocycles. The summed E-state index contributed by atoms with van der Waals surface area (Å²) in [4.78, 5) is 24.3. The van der Waals surface area contributed by atoms with Gasteiger partial charge in [-0.25, -0.2) is 0 Å². The molecule has 0 atom stereocenters. The van der Waals surface area contributed by atoms with E-state index in [0.717, 1.165) is 25.7 Å². The van der Waals surface area contributed by atoms with E-state index in [-0.39, 0.29) is 29.8 Å². The molecule has 1 aliphatic rings. The van der Waals surface area contributed by atoms with Crippen molar-refractivity contribution < 1.29 is 23.8 Å². The number of hydrogen-bond donors (Lipinski definition) is 1. The maximum Gasteiger partial charge on any atom is 0.309 e. The molecule has 1 aromatic rings. The van der Waals surface area contributed by atoms with Gasteiger partial charge in [0.15, 0.2) is 18.1 Å². The zero-order chi connectivity index (χ0) is 20.0. The number of rotatable bonds is 6. The van der Waals surface area contributed by atoms with Crippen LogP contribution in [0.4, 0.5) is 5.69 Å². The van der Waals surface area contributed by atoms with Crippen LogP contribution < -0.4 is 14.8 Å².